The first kappa shape index (κ1) is 16.6. The maximum Gasteiger partial charge on any atom is 0.280 e. The number of nitro benzene ring substituents is 1. The monoisotopic (exact) mass is 362 g/mol. The number of anilines is 1. The number of rotatable bonds is 4. The van der Waals surface area contributed by atoms with Gasteiger partial charge in [-0.15, -0.1) is 0 Å². The lowest BCUT2D eigenvalue weighted by atomic mass is 10.1. The molecule has 7 nitrogen and oxygen atoms in total. The minimum Gasteiger partial charge on any atom is -0.454 e. The van der Waals surface area contributed by atoms with Crippen molar-refractivity contribution in [2.75, 3.05) is 12.1 Å². The van der Waals surface area contributed by atoms with Crippen molar-refractivity contribution in [2.45, 2.75) is 0 Å². The molecule has 0 spiro atoms. The number of carbonyl (C=O) groups is 1. The lowest BCUT2D eigenvalue weighted by Gasteiger charge is -2.04. The fourth-order valence-electron chi connectivity index (χ4n) is 2.86. The number of benzene rings is 3. The van der Waals surface area contributed by atoms with Crippen LogP contribution in [-0.2, 0) is 4.79 Å². The molecule has 4 rings (SSSR count). The van der Waals surface area contributed by atoms with E-state index in [1.165, 1.54) is 24.3 Å². The van der Waals surface area contributed by atoms with E-state index in [1.54, 1.807) is 6.07 Å². The van der Waals surface area contributed by atoms with Crippen LogP contribution in [0.4, 0.5) is 11.4 Å². The van der Waals surface area contributed by atoms with E-state index >= 15 is 0 Å². The number of nitrogens with zero attached hydrogens (tertiary/aromatic N) is 1. The molecule has 0 aliphatic carbocycles. The average Bonchev–Trinajstić information content (AvgIpc) is 3.13. The third kappa shape index (κ3) is 3.43. The van der Waals surface area contributed by atoms with E-state index < -0.39 is 10.8 Å². The van der Waals surface area contributed by atoms with E-state index in [1.807, 2.05) is 36.4 Å². The van der Waals surface area contributed by atoms with E-state index in [4.69, 9.17) is 9.47 Å². The third-order valence-electron chi connectivity index (χ3n) is 4.15. The highest BCUT2D eigenvalue weighted by atomic mass is 16.7. The molecule has 0 saturated heterocycles. The van der Waals surface area contributed by atoms with Crippen LogP contribution in [0.15, 0.2) is 60.7 Å². The zero-order chi connectivity index (χ0) is 18.8. The van der Waals surface area contributed by atoms with Crippen LogP contribution in [0.25, 0.3) is 16.8 Å². The summed E-state index contributed by atoms with van der Waals surface area (Å²) in [6.07, 6.45) is 2.64. The topological polar surface area (TPSA) is 90.7 Å². The second-order valence-electron chi connectivity index (χ2n) is 5.91. The summed E-state index contributed by atoms with van der Waals surface area (Å²) in [7, 11) is 0. The van der Waals surface area contributed by atoms with Crippen molar-refractivity contribution in [3.8, 4) is 11.5 Å². The first-order chi connectivity index (χ1) is 13.1. The highest BCUT2D eigenvalue weighted by Crippen LogP contribution is 2.38. The molecule has 1 amide bonds. The molecule has 0 bridgehead atoms. The second-order valence-corrected chi connectivity index (χ2v) is 5.91. The van der Waals surface area contributed by atoms with Crippen LogP contribution in [0.5, 0.6) is 11.5 Å². The fourth-order valence-corrected chi connectivity index (χ4v) is 2.86. The highest BCUT2D eigenvalue weighted by molar-refractivity contribution is 6.03. The van der Waals surface area contributed by atoms with Gasteiger partial charge in [0, 0.05) is 11.8 Å². The third-order valence-corrected chi connectivity index (χ3v) is 4.15. The van der Waals surface area contributed by atoms with Gasteiger partial charge in [-0.3, -0.25) is 14.9 Å². The fraction of sp³-hybridized carbons (Fsp3) is 0.0500. The SMILES string of the molecule is O=C(/C=C/c1cc2c(cc1[N+](=O)[O-])OCO2)Nc1ccc2ccccc2c1. The number of nitrogens with one attached hydrogen (secondary N) is 1. The Labute approximate surface area is 154 Å². The Morgan fingerprint density at radius 1 is 1.04 bits per heavy atom. The van der Waals surface area contributed by atoms with Gasteiger partial charge >= 0.3 is 0 Å². The number of carbonyl (C=O) groups excluding carboxylic acids is 1. The minimum atomic E-state index is -0.525. The largest absolute Gasteiger partial charge is 0.454 e. The second kappa shape index (κ2) is 6.80. The molecule has 0 aromatic heterocycles. The molecule has 0 saturated carbocycles. The van der Waals surface area contributed by atoms with Crippen molar-refractivity contribution < 1.29 is 19.2 Å². The Hall–Kier alpha value is -3.87. The number of ether oxygens (including phenoxy) is 2. The van der Waals surface area contributed by atoms with E-state index in [2.05, 4.69) is 5.32 Å². The molecule has 0 atom stereocenters. The Morgan fingerprint density at radius 2 is 1.78 bits per heavy atom. The Kier molecular flexibility index (Phi) is 4.18. The smallest absolute Gasteiger partial charge is 0.280 e. The summed E-state index contributed by atoms with van der Waals surface area (Å²) in [5.41, 5.74) is 0.746. The first-order valence-corrected chi connectivity index (χ1v) is 8.16. The molecule has 134 valence electrons. The number of fused-ring (bicyclic) bond motifs is 2. The van der Waals surface area contributed by atoms with Crippen LogP contribution in [0.3, 0.4) is 0 Å². The molecule has 1 heterocycles. The van der Waals surface area contributed by atoms with Crippen molar-refractivity contribution in [1.29, 1.82) is 0 Å². The summed E-state index contributed by atoms with van der Waals surface area (Å²) >= 11 is 0. The van der Waals surface area contributed by atoms with E-state index in [-0.39, 0.29) is 18.0 Å². The normalized spacial score (nSPS) is 12.4. The van der Waals surface area contributed by atoms with Crippen LogP contribution in [-0.4, -0.2) is 17.6 Å². The van der Waals surface area contributed by atoms with Crippen LogP contribution in [0.2, 0.25) is 0 Å². The molecule has 0 unspecified atom stereocenters. The lowest BCUT2D eigenvalue weighted by Crippen LogP contribution is -2.07. The number of nitro groups is 1. The minimum absolute atomic E-state index is 0.0160. The Morgan fingerprint density at radius 3 is 2.56 bits per heavy atom. The molecule has 3 aromatic carbocycles. The van der Waals surface area contributed by atoms with Crippen molar-refractivity contribution in [3.63, 3.8) is 0 Å². The Bertz CT molecular complexity index is 1090. The summed E-state index contributed by atoms with van der Waals surface area (Å²) in [6.45, 7) is 0.0160. The number of hydrogen-bond donors (Lipinski definition) is 1. The molecule has 1 aliphatic rings. The summed E-state index contributed by atoms with van der Waals surface area (Å²) < 4.78 is 10.4. The maximum absolute atomic E-state index is 12.2. The molecule has 1 N–H and O–H groups in total. The van der Waals surface area contributed by atoms with Crippen LogP contribution in [0, 0.1) is 10.1 Å². The van der Waals surface area contributed by atoms with E-state index in [9.17, 15) is 14.9 Å². The predicted octanol–water partition coefficient (Wildman–Crippen LogP) is 4.13. The van der Waals surface area contributed by atoms with Gasteiger partial charge in [0.15, 0.2) is 11.5 Å². The van der Waals surface area contributed by atoms with Crippen LogP contribution >= 0.6 is 0 Å². The molecular formula is C20H14N2O5. The number of amides is 1. The molecule has 7 heteroatoms. The van der Waals surface area contributed by atoms with Gasteiger partial charge in [-0.1, -0.05) is 30.3 Å². The summed E-state index contributed by atoms with van der Waals surface area (Å²) in [6, 6.07) is 16.2. The van der Waals surface area contributed by atoms with E-state index in [0.717, 1.165) is 10.8 Å². The summed E-state index contributed by atoms with van der Waals surface area (Å²) in [5, 5.41) is 16.1. The first-order valence-electron chi connectivity index (χ1n) is 8.16. The van der Waals surface area contributed by atoms with Gasteiger partial charge < -0.3 is 14.8 Å². The molecule has 27 heavy (non-hydrogen) atoms. The summed E-state index contributed by atoms with van der Waals surface area (Å²) in [5.74, 6) is 0.340. The lowest BCUT2D eigenvalue weighted by molar-refractivity contribution is -0.385. The quantitative estimate of drug-likeness (QED) is 0.428. The number of hydrogen-bond acceptors (Lipinski definition) is 5. The van der Waals surface area contributed by atoms with Crippen molar-refractivity contribution in [3.05, 3.63) is 76.4 Å². The van der Waals surface area contributed by atoms with Gasteiger partial charge in [-0.2, -0.15) is 0 Å². The molecule has 3 aromatic rings. The van der Waals surface area contributed by atoms with Crippen molar-refractivity contribution in [1.82, 2.24) is 0 Å². The summed E-state index contributed by atoms with van der Waals surface area (Å²) in [4.78, 5) is 22.9. The van der Waals surface area contributed by atoms with Gasteiger partial charge in [-0.25, -0.2) is 0 Å². The zero-order valence-corrected chi connectivity index (χ0v) is 14.0. The standard InChI is InChI=1S/C20H14N2O5/c23-20(21-16-7-5-13-3-1-2-4-14(13)9-16)8-6-15-10-18-19(27-12-26-18)11-17(15)22(24)25/h1-11H,12H2,(H,21,23)/b8-6+. The van der Waals surface area contributed by atoms with Crippen molar-refractivity contribution >= 4 is 34.1 Å². The highest BCUT2D eigenvalue weighted by Gasteiger charge is 2.22. The van der Waals surface area contributed by atoms with Gasteiger partial charge in [0.1, 0.15) is 0 Å². The van der Waals surface area contributed by atoms with Crippen LogP contribution < -0.4 is 14.8 Å². The molecule has 1 aliphatic heterocycles. The predicted molar refractivity (Wildman–Crippen MR) is 101 cm³/mol. The van der Waals surface area contributed by atoms with E-state index in [0.29, 0.717) is 17.2 Å². The maximum atomic E-state index is 12.2. The van der Waals surface area contributed by atoms with Gasteiger partial charge in [0.2, 0.25) is 12.7 Å². The Balaban J connectivity index is 1.55. The van der Waals surface area contributed by atoms with Crippen molar-refractivity contribution in [2.24, 2.45) is 0 Å². The van der Waals surface area contributed by atoms with Gasteiger partial charge in [0.25, 0.3) is 5.69 Å². The average molecular weight is 362 g/mol. The molecule has 0 fully saturated rings. The van der Waals surface area contributed by atoms with Crippen LogP contribution in [0.1, 0.15) is 5.56 Å². The zero-order valence-electron chi connectivity index (χ0n) is 14.0. The van der Waals surface area contributed by atoms with Gasteiger partial charge in [-0.05, 0) is 35.0 Å². The molecular weight excluding hydrogens is 348 g/mol. The van der Waals surface area contributed by atoms with Gasteiger partial charge in [0.05, 0.1) is 16.6 Å². The molecule has 0 radical (unpaired) electrons.